The summed E-state index contributed by atoms with van der Waals surface area (Å²) in [4.78, 5) is 16.6. The molecule has 0 aliphatic heterocycles. The standard InChI is InChI=1S/C21H21N3O3S/c1-2-16-8-3-4-12-20(16)24-28(26,27)19-11-7-9-17(14-19)21(25)23-15-18-10-5-6-13-22-18/h3-14,24H,2,15H2,1H3,(H,23,25). The van der Waals surface area contributed by atoms with E-state index in [9.17, 15) is 13.2 Å². The van der Waals surface area contributed by atoms with E-state index >= 15 is 0 Å². The Hall–Kier alpha value is -3.19. The monoisotopic (exact) mass is 395 g/mol. The largest absolute Gasteiger partial charge is 0.346 e. The first-order valence-corrected chi connectivity index (χ1v) is 10.4. The Morgan fingerprint density at radius 3 is 2.54 bits per heavy atom. The van der Waals surface area contributed by atoms with Crippen LogP contribution in [-0.2, 0) is 23.0 Å². The first-order chi connectivity index (χ1) is 13.5. The quantitative estimate of drug-likeness (QED) is 0.642. The molecule has 144 valence electrons. The van der Waals surface area contributed by atoms with Crippen LogP contribution in [0.25, 0.3) is 0 Å². The first-order valence-electron chi connectivity index (χ1n) is 8.88. The van der Waals surface area contributed by atoms with Crippen molar-refractivity contribution in [3.8, 4) is 0 Å². The second-order valence-electron chi connectivity index (χ2n) is 6.15. The highest BCUT2D eigenvalue weighted by Crippen LogP contribution is 2.21. The number of nitrogens with one attached hydrogen (secondary N) is 2. The number of anilines is 1. The molecule has 0 fully saturated rings. The van der Waals surface area contributed by atoms with Gasteiger partial charge in [-0.2, -0.15) is 0 Å². The van der Waals surface area contributed by atoms with Gasteiger partial charge in [0.25, 0.3) is 15.9 Å². The second-order valence-corrected chi connectivity index (χ2v) is 7.83. The lowest BCUT2D eigenvalue weighted by Crippen LogP contribution is -2.23. The molecule has 0 bridgehead atoms. The molecule has 28 heavy (non-hydrogen) atoms. The van der Waals surface area contributed by atoms with E-state index in [1.54, 1.807) is 42.6 Å². The Balaban J connectivity index is 1.77. The maximum atomic E-state index is 12.8. The zero-order valence-electron chi connectivity index (χ0n) is 15.4. The number of carbonyl (C=O) groups excluding carboxylic acids is 1. The van der Waals surface area contributed by atoms with Crippen LogP contribution >= 0.6 is 0 Å². The fourth-order valence-electron chi connectivity index (χ4n) is 2.71. The minimum absolute atomic E-state index is 0.0314. The number of aromatic nitrogens is 1. The molecule has 2 N–H and O–H groups in total. The third-order valence-corrected chi connectivity index (χ3v) is 5.57. The average molecular weight is 395 g/mol. The summed E-state index contributed by atoms with van der Waals surface area (Å²) in [6.45, 7) is 2.22. The normalized spacial score (nSPS) is 11.0. The van der Waals surface area contributed by atoms with Gasteiger partial charge < -0.3 is 5.32 Å². The third-order valence-electron chi connectivity index (χ3n) is 4.21. The van der Waals surface area contributed by atoms with Crippen molar-refractivity contribution in [2.24, 2.45) is 0 Å². The molecular formula is C21H21N3O3S. The van der Waals surface area contributed by atoms with Crippen molar-refractivity contribution >= 4 is 21.6 Å². The van der Waals surface area contributed by atoms with Crippen LogP contribution in [0.4, 0.5) is 5.69 Å². The highest BCUT2D eigenvalue weighted by molar-refractivity contribution is 7.92. The SMILES string of the molecule is CCc1ccccc1NS(=O)(=O)c1cccc(C(=O)NCc2ccccn2)c1. The number of benzene rings is 2. The lowest BCUT2D eigenvalue weighted by molar-refractivity contribution is 0.0950. The molecule has 6 nitrogen and oxygen atoms in total. The van der Waals surface area contributed by atoms with Gasteiger partial charge in [-0.05, 0) is 48.4 Å². The minimum Gasteiger partial charge on any atom is -0.346 e. The van der Waals surface area contributed by atoms with E-state index in [1.807, 2.05) is 25.1 Å². The summed E-state index contributed by atoms with van der Waals surface area (Å²) in [5.74, 6) is -0.364. The Morgan fingerprint density at radius 2 is 1.79 bits per heavy atom. The molecule has 0 spiro atoms. The van der Waals surface area contributed by atoms with Gasteiger partial charge in [-0.15, -0.1) is 0 Å². The highest BCUT2D eigenvalue weighted by atomic mass is 32.2. The van der Waals surface area contributed by atoms with E-state index in [0.29, 0.717) is 12.1 Å². The van der Waals surface area contributed by atoms with Crippen molar-refractivity contribution in [1.29, 1.82) is 0 Å². The van der Waals surface area contributed by atoms with Crippen molar-refractivity contribution < 1.29 is 13.2 Å². The number of nitrogens with zero attached hydrogens (tertiary/aromatic N) is 1. The Bertz CT molecular complexity index is 1070. The fraction of sp³-hybridized carbons (Fsp3) is 0.143. The Labute approximate surface area is 164 Å². The molecule has 7 heteroatoms. The summed E-state index contributed by atoms with van der Waals surface area (Å²) < 4.78 is 28.2. The van der Waals surface area contributed by atoms with Crippen LogP contribution in [0.15, 0.2) is 77.8 Å². The lowest BCUT2D eigenvalue weighted by Gasteiger charge is -2.12. The first kappa shape index (κ1) is 19.6. The van der Waals surface area contributed by atoms with Crippen molar-refractivity contribution in [3.63, 3.8) is 0 Å². The van der Waals surface area contributed by atoms with Crippen molar-refractivity contribution in [3.05, 3.63) is 89.7 Å². The van der Waals surface area contributed by atoms with E-state index in [1.165, 1.54) is 12.1 Å². The van der Waals surface area contributed by atoms with Gasteiger partial charge in [0, 0.05) is 11.8 Å². The van der Waals surface area contributed by atoms with Gasteiger partial charge in [0.15, 0.2) is 0 Å². The van der Waals surface area contributed by atoms with Crippen molar-refractivity contribution in [2.45, 2.75) is 24.8 Å². The number of rotatable bonds is 7. The molecule has 3 aromatic rings. The fourth-order valence-corrected chi connectivity index (χ4v) is 3.86. The van der Waals surface area contributed by atoms with E-state index in [0.717, 1.165) is 11.3 Å². The minimum atomic E-state index is -3.81. The number of aryl methyl sites for hydroxylation is 1. The van der Waals surface area contributed by atoms with Crippen LogP contribution in [0.3, 0.4) is 0 Å². The average Bonchev–Trinajstić information content (AvgIpc) is 2.73. The van der Waals surface area contributed by atoms with Gasteiger partial charge in [0.05, 0.1) is 22.8 Å². The molecular weight excluding hydrogens is 374 g/mol. The summed E-state index contributed by atoms with van der Waals surface area (Å²) >= 11 is 0. The zero-order chi connectivity index (χ0) is 20.0. The number of hydrogen-bond acceptors (Lipinski definition) is 4. The van der Waals surface area contributed by atoms with Crippen LogP contribution < -0.4 is 10.0 Å². The molecule has 3 rings (SSSR count). The molecule has 1 amide bonds. The number of carbonyl (C=O) groups is 1. The molecule has 0 saturated heterocycles. The number of pyridine rings is 1. The maximum Gasteiger partial charge on any atom is 0.261 e. The predicted octanol–water partition coefficient (Wildman–Crippen LogP) is 3.37. The molecule has 0 aliphatic rings. The zero-order valence-corrected chi connectivity index (χ0v) is 16.2. The van der Waals surface area contributed by atoms with Gasteiger partial charge in [-0.1, -0.05) is 37.3 Å². The van der Waals surface area contributed by atoms with Crippen LogP contribution in [0, 0.1) is 0 Å². The summed E-state index contributed by atoms with van der Waals surface area (Å²) in [7, 11) is -3.81. The van der Waals surface area contributed by atoms with Crippen LogP contribution in [0.2, 0.25) is 0 Å². The molecule has 0 aliphatic carbocycles. The summed E-state index contributed by atoms with van der Waals surface area (Å²) in [5.41, 5.74) is 2.42. The van der Waals surface area contributed by atoms with Crippen molar-refractivity contribution in [2.75, 3.05) is 4.72 Å². The number of amides is 1. The second kappa shape index (κ2) is 8.67. The van der Waals surface area contributed by atoms with Gasteiger partial charge in [0.1, 0.15) is 0 Å². The van der Waals surface area contributed by atoms with Gasteiger partial charge in [0.2, 0.25) is 0 Å². The van der Waals surface area contributed by atoms with E-state index < -0.39 is 10.0 Å². The van der Waals surface area contributed by atoms with Gasteiger partial charge in [-0.3, -0.25) is 14.5 Å². The van der Waals surface area contributed by atoms with Crippen molar-refractivity contribution in [1.82, 2.24) is 10.3 Å². The van der Waals surface area contributed by atoms with E-state index in [2.05, 4.69) is 15.0 Å². The third kappa shape index (κ3) is 4.75. The van der Waals surface area contributed by atoms with Gasteiger partial charge >= 0.3 is 0 Å². The van der Waals surface area contributed by atoms with E-state index in [4.69, 9.17) is 0 Å². The van der Waals surface area contributed by atoms with E-state index in [-0.39, 0.29) is 22.9 Å². The molecule has 0 unspecified atom stereocenters. The Kier molecular flexibility index (Phi) is 6.06. The summed E-state index contributed by atoms with van der Waals surface area (Å²) in [6.07, 6.45) is 2.35. The summed E-state index contributed by atoms with van der Waals surface area (Å²) in [5, 5.41) is 2.75. The Morgan fingerprint density at radius 1 is 1.00 bits per heavy atom. The number of sulfonamides is 1. The van der Waals surface area contributed by atoms with Gasteiger partial charge in [-0.25, -0.2) is 8.42 Å². The summed E-state index contributed by atoms with van der Waals surface area (Å²) in [6, 6.07) is 18.6. The maximum absolute atomic E-state index is 12.8. The molecule has 0 saturated carbocycles. The molecule has 0 radical (unpaired) electrons. The molecule has 2 aromatic carbocycles. The lowest BCUT2D eigenvalue weighted by atomic mass is 10.1. The molecule has 1 aromatic heterocycles. The topological polar surface area (TPSA) is 88.2 Å². The predicted molar refractivity (Wildman–Crippen MR) is 108 cm³/mol. The number of para-hydroxylation sites is 1. The highest BCUT2D eigenvalue weighted by Gasteiger charge is 2.17. The van der Waals surface area contributed by atoms with Crippen LogP contribution in [-0.4, -0.2) is 19.3 Å². The van der Waals surface area contributed by atoms with Crippen LogP contribution in [0.5, 0.6) is 0 Å². The van der Waals surface area contributed by atoms with Crippen LogP contribution in [0.1, 0.15) is 28.5 Å². The molecule has 0 atom stereocenters. The molecule has 1 heterocycles. The smallest absolute Gasteiger partial charge is 0.261 e. The number of hydrogen-bond donors (Lipinski definition) is 2.